The second-order valence-corrected chi connectivity index (χ2v) is 14.4. The first-order valence-corrected chi connectivity index (χ1v) is 18.2. The minimum absolute atomic E-state index is 1.23. The number of benzene rings is 12. The van der Waals surface area contributed by atoms with Gasteiger partial charge in [0.15, 0.2) is 0 Å². The molecule has 0 nitrogen and oxygen atoms in total. The molecule has 0 heteroatoms. The highest BCUT2D eigenvalue weighted by Crippen LogP contribution is 2.46. The van der Waals surface area contributed by atoms with Gasteiger partial charge in [0.05, 0.1) is 0 Å². The van der Waals surface area contributed by atoms with E-state index in [9.17, 15) is 0 Å². The number of hydrogen-bond acceptors (Lipinski definition) is 0. The summed E-state index contributed by atoms with van der Waals surface area (Å²) in [6.07, 6.45) is 0. The maximum Gasteiger partial charge on any atom is -0.00206 e. The van der Waals surface area contributed by atoms with E-state index in [1.807, 2.05) is 0 Å². The average molecular weight is 655 g/mol. The Morgan fingerprint density at radius 3 is 1.19 bits per heavy atom. The van der Waals surface area contributed by atoms with E-state index in [0.717, 1.165) is 0 Å². The molecule has 0 unspecified atom stereocenters. The van der Waals surface area contributed by atoms with E-state index >= 15 is 0 Å². The second-order valence-electron chi connectivity index (χ2n) is 14.4. The molecular weight excluding hydrogens is 625 g/mol. The largest absolute Gasteiger partial charge is 0.0616 e. The summed E-state index contributed by atoms with van der Waals surface area (Å²) >= 11 is 0. The first-order valence-electron chi connectivity index (χ1n) is 18.2. The summed E-state index contributed by atoms with van der Waals surface area (Å²) in [5.74, 6) is 0. The van der Waals surface area contributed by atoms with Gasteiger partial charge in [-0.3, -0.25) is 0 Å². The monoisotopic (exact) mass is 654 g/mol. The molecule has 0 N–H and O–H groups in total. The summed E-state index contributed by atoms with van der Waals surface area (Å²) in [5.41, 5.74) is 7.54. The molecule has 12 aromatic rings. The minimum Gasteiger partial charge on any atom is -0.0616 e. The Labute approximate surface area is 300 Å². The predicted molar refractivity (Wildman–Crippen MR) is 225 cm³/mol. The fraction of sp³-hybridized carbons (Fsp3) is 0. The zero-order chi connectivity index (χ0) is 33.9. The van der Waals surface area contributed by atoms with Crippen molar-refractivity contribution in [3.05, 3.63) is 182 Å². The van der Waals surface area contributed by atoms with Gasteiger partial charge in [0.2, 0.25) is 0 Å². The minimum atomic E-state index is 1.23. The number of rotatable bonds is 3. The van der Waals surface area contributed by atoms with Crippen LogP contribution in [0.4, 0.5) is 0 Å². The van der Waals surface area contributed by atoms with Crippen LogP contribution in [0.5, 0.6) is 0 Å². The summed E-state index contributed by atoms with van der Waals surface area (Å²) in [6.45, 7) is 0. The van der Waals surface area contributed by atoms with Crippen LogP contribution in [0.15, 0.2) is 182 Å². The molecule has 0 aliphatic rings. The molecule has 0 atom stereocenters. The Hall–Kier alpha value is -6.76. The second kappa shape index (κ2) is 10.4. The fourth-order valence-corrected chi connectivity index (χ4v) is 9.33. The Morgan fingerprint density at radius 2 is 0.615 bits per heavy atom. The van der Waals surface area contributed by atoms with Gasteiger partial charge >= 0.3 is 0 Å². The molecule has 52 heavy (non-hydrogen) atoms. The van der Waals surface area contributed by atoms with E-state index in [1.54, 1.807) is 0 Å². The maximum absolute atomic E-state index is 2.46. The lowest BCUT2D eigenvalue weighted by Crippen LogP contribution is -1.92. The van der Waals surface area contributed by atoms with Gasteiger partial charge < -0.3 is 0 Å². The van der Waals surface area contributed by atoms with E-state index in [2.05, 4.69) is 182 Å². The quantitative estimate of drug-likeness (QED) is 0.166. The van der Waals surface area contributed by atoms with E-state index < -0.39 is 0 Å². The summed E-state index contributed by atoms with van der Waals surface area (Å²) in [5, 5.41) is 20.7. The normalized spacial score (nSPS) is 12.2. The topological polar surface area (TPSA) is 0 Å². The standard InChI is InChI=1S/C52H30/c1-2-8-38-29-48(43-24-20-36-18-16-32-11-6-13-34-22-26-45(43)52(36)50(32)34)46(28-37(38)7-1)40-27-39-9-3-4-14-41(39)47(30-40)42-23-19-35-17-15-31-10-5-12-33-21-25-44(42)51(35)49(31)33/h1-30H. The van der Waals surface area contributed by atoms with E-state index in [4.69, 9.17) is 0 Å². The van der Waals surface area contributed by atoms with Crippen LogP contribution in [0, 0.1) is 0 Å². The number of fused-ring (bicyclic) bond motifs is 2. The zero-order valence-electron chi connectivity index (χ0n) is 28.3. The van der Waals surface area contributed by atoms with Gasteiger partial charge in [-0.15, -0.1) is 0 Å². The molecule has 0 spiro atoms. The van der Waals surface area contributed by atoms with Crippen molar-refractivity contribution in [1.82, 2.24) is 0 Å². The Balaban J connectivity index is 1.18. The first kappa shape index (κ1) is 28.0. The van der Waals surface area contributed by atoms with Gasteiger partial charge in [0.1, 0.15) is 0 Å². The fourth-order valence-electron chi connectivity index (χ4n) is 9.33. The van der Waals surface area contributed by atoms with Crippen LogP contribution in [-0.4, -0.2) is 0 Å². The third kappa shape index (κ3) is 3.87. The van der Waals surface area contributed by atoms with Crippen LogP contribution in [0.3, 0.4) is 0 Å². The molecule has 0 heterocycles. The zero-order valence-corrected chi connectivity index (χ0v) is 28.3. The molecular formula is C52H30. The van der Waals surface area contributed by atoms with Crippen molar-refractivity contribution in [1.29, 1.82) is 0 Å². The Kier molecular flexibility index (Phi) is 5.59. The highest BCUT2D eigenvalue weighted by Gasteiger charge is 2.19. The highest BCUT2D eigenvalue weighted by molar-refractivity contribution is 6.27. The lowest BCUT2D eigenvalue weighted by atomic mass is 9.84. The van der Waals surface area contributed by atoms with Crippen molar-refractivity contribution < 1.29 is 0 Å². The lowest BCUT2D eigenvalue weighted by Gasteiger charge is -2.19. The van der Waals surface area contributed by atoms with Crippen LogP contribution in [0.25, 0.3) is 120 Å². The summed E-state index contributed by atoms with van der Waals surface area (Å²) in [6, 6.07) is 68.4. The van der Waals surface area contributed by atoms with Gasteiger partial charge in [-0.1, -0.05) is 158 Å². The van der Waals surface area contributed by atoms with Crippen molar-refractivity contribution >= 4 is 86.2 Å². The van der Waals surface area contributed by atoms with Gasteiger partial charge in [0, 0.05) is 0 Å². The van der Waals surface area contributed by atoms with Gasteiger partial charge in [0.25, 0.3) is 0 Å². The molecule has 0 aliphatic carbocycles. The summed E-state index contributed by atoms with van der Waals surface area (Å²) in [7, 11) is 0. The predicted octanol–water partition coefficient (Wildman–Crippen LogP) is 14.8. The van der Waals surface area contributed by atoms with Crippen molar-refractivity contribution in [2.24, 2.45) is 0 Å². The van der Waals surface area contributed by atoms with Crippen molar-refractivity contribution in [2.75, 3.05) is 0 Å². The van der Waals surface area contributed by atoms with E-state index in [-0.39, 0.29) is 0 Å². The molecule has 12 rings (SSSR count). The number of hydrogen-bond donors (Lipinski definition) is 0. The molecule has 0 saturated carbocycles. The van der Waals surface area contributed by atoms with E-state index in [1.165, 1.54) is 120 Å². The smallest absolute Gasteiger partial charge is 0.00206 e. The average Bonchev–Trinajstić information content (AvgIpc) is 3.21. The van der Waals surface area contributed by atoms with Crippen LogP contribution in [0.1, 0.15) is 0 Å². The highest BCUT2D eigenvalue weighted by atomic mass is 14.2. The Bertz CT molecular complexity index is 3370. The van der Waals surface area contributed by atoms with Crippen LogP contribution in [-0.2, 0) is 0 Å². The molecule has 238 valence electrons. The molecule has 12 aromatic carbocycles. The SMILES string of the molecule is c1ccc2cc(-c3ccc4ccc5cccc6ccc3c4c56)c(-c3cc(-c4ccc5ccc6cccc7ccc4c5c67)c4ccccc4c3)cc2c1. The molecule has 0 fully saturated rings. The summed E-state index contributed by atoms with van der Waals surface area (Å²) < 4.78 is 0. The van der Waals surface area contributed by atoms with Crippen LogP contribution < -0.4 is 0 Å². The van der Waals surface area contributed by atoms with Gasteiger partial charge in [-0.2, -0.15) is 0 Å². The molecule has 0 aliphatic heterocycles. The van der Waals surface area contributed by atoms with Gasteiger partial charge in [-0.25, -0.2) is 0 Å². The molecule has 0 bridgehead atoms. The Morgan fingerprint density at radius 1 is 0.192 bits per heavy atom. The summed E-state index contributed by atoms with van der Waals surface area (Å²) in [4.78, 5) is 0. The molecule has 0 radical (unpaired) electrons. The molecule has 0 amide bonds. The molecule has 0 aromatic heterocycles. The maximum atomic E-state index is 2.46. The van der Waals surface area contributed by atoms with Crippen molar-refractivity contribution in [2.45, 2.75) is 0 Å². The van der Waals surface area contributed by atoms with Crippen molar-refractivity contribution in [3.8, 4) is 33.4 Å². The van der Waals surface area contributed by atoms with E-state index in [0.29, 0.717) is 0 Å². The first-order chi connectivity index (χ1) is 25.8. The third-order valence-electron chi connectivity index (χ3n) is 11.7. The van der Waals surface area contributed by atoms with Crippen LogP contribution in [0.2, 0.25) is 0 Å². The third-order valence-corrected chi connectivity index (χ3v) is 11.7. The molecule has 0 saturated heterocycles. The van der Waals surface area contributed by atoms with Gasteiger partial charge in [-0.05, 0) is 144 Å². The van der Waals surface area contributed by atoms with Crippen molar-refractivity contribution in [3.63, 3.8) is 0 Å². The lowest BCUT2D eigenvalue weighted by molar-refractivity contribution is 1.64. The van der Waals surface area contributed by atoms with Crippen LogP contribution >= 0.6 is 0 Å².